The fourth-order valence-corrected chi connectivity index (χ4v) is 2.97. The van der Waals surface area contributed by atoms with Crippen molar-refractivity contribution in [2.24, 2.45) is 5.41 Å². The molecule has 0 atom stereocenters. The summed E-state index contributed by atoms with van der Waals surface area (Å²) in [6.45, 7) is 4.98. The molecule has 1 saturated heterocycles. The van der Waals surface area contributed by atoms with E-state index in [1.54, 1.807) is 5.57 Å². The summed E-state index contributed by atoms with van der Waals surface area (Å²) >= 11 is 0. The fourth-order valence-electron chi connectivity index (χ4n) is 2.97. The molecule has 1 nitrogen and oxygen atoms in total. The highest BCUT2D eigenvalue weighted by Crippen LogP contribution is 2.41. The number of rotatable bonds is 1. The van der Waals surface area contributed by atoms with Gasteiger partial charge in [0.05, 0.1) is 0 Å². The Kier molecular flexibility index (Phi) is 2.46. The molecule has 13 heavy (non-hydrogen) atoms. The molecule has 2 rings (SSSR count). The van der Waals surface area contributed by atoms with Gasteiger partial charge in [-0.15, -0.1) is 0 Å². The highest BCUT2D eigenvalue weighted by atomic mass is 15.2. The molecule has 74 valence electrons. The topological polar surface area (TPSA) is 3.24 Å². The summed E-state index contributed by atoms with van der Waals surface area (Å²) in [5.74, 6) is 0. The molecule has 2 aliphatic rings. The van der Waals surface area contributed by atoms with E-state index in [0.29, 0.717) is 5.41 Å². The van der Waals surface area contributed by atoms with Gasteiger partial charge in [-0.25, -0.2) is 0 Å². The number of nitrogens with zero attached hydrogens (tertiary/aromatic N) is 1. The molecule has 1 heteroatoms. The Labute approximate surface area is 81.8 Å². The van der Waals surface area contributed by atoms with Crippen LogP contribution >= 0.6 is 0 Å². The first-order valence-electron chi connectivity index (χ1n) is 5.61. The number of likely N-dealkylation sites (tertiary alicyclic amines) is 1. The number of allylic oxidation sites excluding steroid dienone is 2. The molecule has 0 aromatic rings. The zero-order chi connectivity index (χ0) is 9.31. The Bertz CT molecular complexity index is 211. The van der Waals surface area contributed by atoms with E-state index >= 15 is 0 Å². The van der Waals surface area contributed by atoms with Crippen LogP contribution in [0, 0.1) is 5.41 Å². The van der Waals surface area contributed by atoms with Crippen LogP contribution < -0.4 is 0 Å². The first-order chi connectivity index (χ1) is 6.24. The van der Waals surface area contributed by atoms with Crippen LogP contribution in [0.25, 0.3) is 0 Å². The summed E-state index contributed by atoms with van der Waals surface area (Å²) < 4.78 is 0. The van der Waals surface area contributed by atoms with E-state index in [9.17, 15) is 0 Å². The Hall–Kier alpha value is -0.300. The summed E-state index contributed by atoms with van der Waals surface area (Å²) in [4.78, 5) is 2.46. The summed E-state index contributed by atoms with van der Waals surface area (Å²) in [6, 6.07) is 0. The van der Waals surface area contributed by atoms with Crippen molar-refractivity contribution in [3.63, 3.8) is 0 Å². The maximum absolute atomic E-state index is 2.49. The van der Waals surface area contributed by atoms with Crippen LogP contribution in [0.5, 0.6) is 0 Å². The van der Waals surface area contributed by atoms with Crippen LogP contribution in [0.3, 0.4) is 0 Å². The molecule has 1 aliphatic heterocycles. The van der Waals surface area contributed by atoms with Crippen molar-refractivity contribution in [2.45, 2.75) is 39.0 Å². The predicted molar refractivity (Wildman–Crippen MR) is 56.8 cm³/mol. The monoisotopic (exact) mass is 179 g/mol. The van der Waals surface area contributed by atoms with Crippen LogP contribution in [0.1, 0.15) is 39.0 Å². The van der Waals surface area contributed by atoms with Gasteiger partial charge in [0.25, 0.3) is 0 Å². The number of hydrogen-bond acceptors (Lipinski definition) is 1. The standard InChI is InChI=1S/C12H21N/c1-3-11-5-4-7-12(8-6-11)9-13(2)10-12/h5H,3-4,6-10H2,1-2H3. The average Bonchev–Trinajstić information content (AvgIpc) is 2.26. The second kappa shape index (κ2) is 3.45. The van der Waals surface area contributed by atoms with Crippen molar-refractivity contribution in [3.8, 4) is 0 Å². The largest absolute Gasteiger partial charge is 0.305 e. The van der Waals surface area contributed by atoms with Crippen LogP contribution in [0.15, 0.2) is 11.6 Å². The van der Waals surface area contributed by atoms with Gasteiger partial charge in [0.15, 0.2) is 0 Å². The van der Waals surface area contributed by atoms with Gasteiger partial charge >= 0.3 is 0 Å². The molecule has 1 fully saturated rings. The highest BCUT2D eigenvalue weighted by molar-refractivity contribution is 5.08. The SMILES string of the molecule is CCC1=CCCC2(CC1)CN(C)C2. The van der Waals surface area contributed by atoms with Crippen molar-refractivity contribution < 1.29 is 0 Å². The minimum atomic E-state index is 0.710. The van der Waals surface area contributed by atoms with Crippen LogP contribution in [0.2, 0.25) is 0 Å². The van der Waals surface area contributed by atoms with E-state index in [0.717, 1.165) is 0 Å². The molecular formula is C12H21N. The minimum Gasteiger partial charge on any atom is -0.305 e. The minimum absolute atomic E-state index is 0.710. The van der Waals surface area contributed by atoms with Crippen molar-refractivity contribution in [3.05, 3.63) is 11.6 Å². The molecule has 1 spiro atoms. The first-order valence-corrected chi connectivity index (χ1v) is 5.61. The van der Waals surface area contributed by atoms with E-state index in [2.05, 4.69) is 24.9 Å². The summed E-state index contributed by atoms with van der Waals surface area (Å²) in [7, 11) is 2.24. The molecule has 0 amide bonds. The first kappa shape index (κ1) is 9.26. The second-order valence-corrected chi connectivity index (χ2v) is 4.93. The predicted octanol–water partition coefficient (Wildman–Crippen LogP) is 2.83. The van der Waals surface area contributed by atoms with Gasteiger partial charge in [0, 0.05) is 13.1 Å². The molecule has 0 radical (unpaired) electrons. The molecule has 0 N–H and O–H groups in total. The van der Waals surface area contributed by atoms with Gasteiger partial charge in [0.1, 0.15) is 0 Å². The normalized spacial score (nSPS) is 28.0. The average molecular weight is 179 g/mol. The van der Waals surface area contributed by atoms with E-state index < -0.39 is 0 Å². The van der Waals surface area contributed by atoms with Crippen molar-refractivity contribution in [1.82, 2.24) is 4.90 Å². The van der Waals surface area contributed by atoms with Gasteiger partial charge in [-0.2, -0.15) is 0 Å². The molecule has 0 bridgehead atoms. The summed E-state index contributed by atoms with van der Waals surface area (Å²) in [5.41, 5.74) is 2.41. The Morgan fingerprint density at radius 1 is 1.38 bits per heavy atom. The Morgan fingerprint density at radius 2 is 2.15 bits per heavy atom. The van der Waals surface area contributed by atoms with Gasteiger partial charge in [0.2, 0.25) is 0 Å². The van der Waals surface area contributed by atoms with E-state index in [1.807, 2.05) is 0 Å². The van der Waals surface area contributed by atoms with Crippen molar-refractivity contribution in [1.29, 1.82) is 0 Å². The third-order valence-corrected chi connectivity index (χ3v) is 3.75. The van der Waals surface area contributed by atoms with Crippen LogP contribution in [-0.2, 0) is 0 Å². The van der Waals surface area contributed by atoms with E-state index in [1.165, 1.54) is 45.2 Å². The van der Waals surface area contributed by atoms with Crippen LogP contribution in [0.4, 0.5) is 0 Å². The van der Waals surface area contributed by atoms with Gasteiger partial charge in [-0.05, 0) is 44.6 Å². The Balaban J connectivity index is 1.92. The smallest absolute Gasteiger partial charge is 0.00476 e. The highest BCUT2D eigenvalue weighted by Gasteiger charge is 2.40. The maximum Gasteiger partial charge on any atom is 0.00476 e. The van der Waals surface area contributed by atoms with Gasteiger partial charge in [-0.1, -0.05) is 18.6 Å². The van der Waals surface area contributed by atoms with Gasteiger partial charge < -0.3 is 4.90 Å². The van der Waals surface area contributed by atoms with Crippen molar-refractivity contribution >= 4 is 0 Å². The summed E-state index contributed by atoms with van der Waals surface area (Å²) in [6.07, 6.45) is 9.33. The lowest BCUT2D eigenvalue weighted by molar-refractivity contribution is 0.00972. The zero-order valence-electron chi connectivity index (χ0n) is 8.97. The third-order valence-electron chi connectivity index (χ3n) is 3.75. The summed E-state index contributed by atoms with van der Waals surface area (Å²) in [5, 5.41) is 0. The molecule has 1 heterocycles. The second-order valence-electron chi connectivity index (χ2n) is 4.93. The lowest BCUT2D eigenvalue weighted by Crippen LogP contribution is -2.53. The van der Waals surface area contributed by atoms with E-state index in [-0.39, 0.29) is 0 Å². The zero-order valence-corrected chi connectivity index (χ0v) is 8.97. The van der Waals surface area contributed by atoms with Gasteiger partial charge in [-0.3, -0.25) is 0 Å². The lowest BCUT2D eigenvalue weighted by atomic mass is 9.73. The molecule has 0 aromatic carbocycles. The molecule has 0 saturated carbocycles. The maximum atomic E-state index is 2.49. The van der Waals surface area contributed by atoms with Crippen molar-refractivity contribution in [2.75, 3.05) is 20.1 Å². The molecule has 0 aromatic heterocycles. The van der Waals surface area contributed by atoms with E-state index in [4.69, 9.17) is 0 Å². The molecule has 0 unspecified atom stereocenters. The quantitative estimate of drug-likeness (QED) is 0.559. The third kappa shape index (κ3) is 1.80. The molecular weight excluding hydrogens is 158 g/mol. The molecule has 1 aliphatic carbocycles. The van der Waals surface area contributed by atoms with Crippen LogP contribution in [-0.4, -0.2) is 25.0 Å². The Morgan fingerprint density at radius 3 is 2.77 bits per heavy atom. The fraction of sp³-hybridized carbons (Fsp3) is 0.833. The number of hydrogen-bond donors (Lipinski definition) is 0. The lowest BCUT2D eigenvalue weighted by Gasteiger charge is -2.48.